The zero-order chi connectivity index (χ0) is 18.5. The maximum Gasteiger partial charge on any atom is 0.293 e. The SMILES string of the molecule is CN(Cc1nccn1Cc1ccccc1)c1ccc(C#N)cc1[N+](=O)[O-]. The van der Waals surface area contributed by atoms with Crippen LogP contribution in [0.4, 0.5) is 11.4 Å². The predicted molar refractivity (Wildman–Crippen MR) is 97.7 cm³/mol. The number of hydrogen-bond donors (Lipinski definition) is 0. The van der Waals surface area contributed by atoms with Crippen molar-refractivity contribution in [3.8, 4) is 6.07 Å². The molecule has 1 aromatic heterocycles. The standard InChI is InChI=1S/C19H17N5O2/c1-22(17-8-7-16(12-20)11-18(17)24(25)26)14-19-21-9-10-23(19)13-15-5-3-2-4-6-15/h2-11H,13-14H2,1H3. The second kappa shape index (κ2) is 7.49. The summed E-state index contributed by atoms with van der Waals surface area (Å²) in [5, 5.41) is 20.3. The monoisotopic (exact) mass is 347 g/mol. The number of hydrogen-bond acceptors (Lipinski definition) is 5. The Bertz CT molecular complexity index is 960. The van der Waals surface area contributed by atoms with Crippen LogP contribution in [0.5, 0.6) is 0 Å². The summed E-state index contributed by atoms with van der Waals surface area (Å²) in [6, 6.07) is 16.4. The molecule has 1 heterocycles. The van der Waals surface area contributed by atoms with Crippen LogP contribution >= 0.6 is 0 Å². The van der Waals surface area contributed by atoms with E-state index in [1.165, 1.54) is 6.07 Å². The molecule has 0 aliphatic rings. The molecule has 0 radical (unpaired) electrons. The van der Waals surface area contributed by atoms with Crippen LogP contribution in [-0.4, -0.2) is 21.5 Å². The van der Waals surface area contributed by atoms with E-state index in [0.717, 1.165) is 11.4 Å². The lowest BCUT2D eigenvalue weighted by Gasteiger charge is -2.19. The number of nitro benzene ring substituents is 1. The zero-order valence-electron chi connectivity index (χ0n) is 14.2. The Kier molecular flexibility index (Phi) is 4.94. The Balaban J connectivity index is 1.83. The van der Waals surface area contributed by atoms with Gasteiger partial charge in [-0.15, -0.1) is 0 Å². The smallest absolute Gasteiger partial charge is 0.293 e. The molecule has 3 rings (SSSR count). The summed E-state index contributed by atoms with van der Waals surface area (Å²) >= 11 is 0. The molecule has 0 fully saturated rings. The fourth-order valence-electron chi connectivity index (χ4n) is 2.78. The molecule has 0 saturated heterocycles. The number of rotatable bonds is 6. The van der Waals surface area contributed by atoms with E-state index < -0.39 is 4.92 Å². The fourth-order valence-corrected chi connectivity index (χ4v) is 2.78. The number of anilines is 1. The van der Waals surface area contributed by atoms with Gasteiger partial charge in [-0.05, 0) is 17.7 Å². The van der Waals surface area contributed by atoms with Crippen molar-refractivity contribution in [2.24, 2.45) is 0 Å². The maximum atomic E-state index is 11.4. The molecule has 26 heavy (non-hydrogen) atoms. The first-order valence-corrected chi connectivity index (χ1v) is 8.02. The quantitative estimate of drug-likeness (QED) is 0.504. The number of benzene rings is 2. The molecule has 7 heteroatoms. The Hall–Kier alpha value is -3.66. The molecular formula is C19H17N5O2. The van der Waals surface area contributed by atoms with Gasteiger partial charge in [0.1, 0.15) is 11.5 Å². The Morgan fingerprint density at radius 3 is 2.73 bits per heavy atom. The highest BCUT2D eigenvalue weighted by Gasteiger charge is 2.19. The summed E-state index contributed by atoms with van der Waals surface area (Å²) in [5.41, 5.74) is 1.77. The zero-order valence-corrected chi connectivity index (χ0v) is 14.2. The van der Waals surface area contributed by atoms with Gasteiger partial charge in [0, 0.05) is 32.1 Å². The average molecular weight is 347 g/mol. The summed E-state index contributed by atoms with van der Waals surface area (Å²) in [6.45, 7) is 1.09. The van der Waals surface area contributed by atoms with Crippen molar-refractivity contribution >= 4 is 11.4 Å². The highest BCUT2D eigenvalue weighted by molar-refractivity contribution is 5.65. The highest BCUT2D eigenvalue weighted by Crippen LogP contribution is 2.29. The molecule has 2 aromatic carbocycles. The van der Waals surface area contributed by atoms with E-state index in [0.29, 0.717) is 18.8 Å². The second-order valence-electron chi connectivity index (χ2n) is 5.89. The maximum absolute atomic E-state index is 11.4. The first-order valence-electron chi connectivity index (χ1n) is 8.02. The molecule has 130 valence electrons. The highest BCUT2D eigenvalue weighted by atomic mass is 16.6. The van der Waals surface area contributed by atoms with Gasteiger partial charge in [-0.25, -0.2) is 4.98 Å². The third kappa shape index (κ3) is 3.70. The number of nitrogens with zero attached hydrogens (tertiary/aromatic N) is 5. The summed E-state index contributed by atoms with van der Waals surface area (Å²) < 4.78 is 2.02. The van der Waals surface area contributed by atoms with Gasteiger partial charge < -0.3 is 9.47 Å². The third-order valence-electron chi connectivity index (χ3n) is 4.09. The van der Waals surface area contributed by atoms with Gasteiger partial charge in [0.15, 0.2) is 0 Å². The molecule has 0 bridgehead atoms. The van der Waals surface area contributed by atoms with Crippen LogP contribution in [-0.2, 0) is 13.1 Å². The predicted octanol–water partition coefficient (Wildman–Crippen LogP) is 3.35. The van der Waals surface area contributed by atoms with Crippen LogP contribution in [0.2, 0.25) is 0 Å². The molecule has 0 unspecified atom stereocenters. The summed E-state index contributed by atoms with van der Waals surface area (Å²) in [7, 11) is 1.77. The first-order chi connectivity index (χ1) is 12.6. The Morgan fingerprint density at radius 2 is 2.04 bits per heavy atom. The minimum absolute atomic E-state index is 0.0901. The third-order valence-corrected chi connectivity index (χ3v) is 4.09. The van der Waals surface area contributed by atoms with Crippen LogP contribution in [0.3, 0.4) is 0 Å². The lowest BCUT2D eigenvalue weighted by atomic mass is 10.1. The minimum atomic E-state index is -0.469. The molecule has 0 N–H and O–H groups in total. The Labute approximate surface area is 150 Å². The normalized spacial score (nSPS) is 10.3. The lowest BCUT2D eigenvalue weighted by molar-refractivity contribution is -0.384. The van der Waals surface area contributed by atoms with Gasteiger partial charge in [0.2, 0.25) is 0 Å². The van der Waals surface area contributed by atoms with E-state index >= 15 is 0 Å². The number of aromatic nitrogens is 2. The van der Waals surface area contributed by atoms with E-state index in [-0.39, 0.29) is 11.3 Å². The lowest BCUT2D eigenvalue weighted by Crippen LogP contribution is -2.21. The van der Waals surface area contributed by atoms with Gasteiger partial charge in [-0.2, -0.15) is 5.26 Å². The molecule has 0 atom stereocenters. The topological polar surface area (TPSA) is 88.0 Å². The van der Waals surface area contributed by atoms with E-state index in [4.69, 9.17) is 5.26 Å². The minimum Gasteiger partial charge on any atom is -0.362 e. The molecule has 0 amide bonds. The van der Waals surface area contributed by atoms with Crippen molar-refractivity contribution < 1.29 is 4.92 Å². The summed E-state index contributed by atoms with van der Waals surface area (Å²) in [6.07, 6.45) is 3.61. The van der Waals surface area contributed by atoms with E-state index in [9.17, 15) is 10.1 Å². The fraction of sp³-hybridized carbons (Fsp3) is 0.158. The summed E-state index contributed by atoms with van der Waals surface area (Å²) in [5.74, 6) is 0.801. The largest absolute Gasteiger partial charge is 0.362 e. The molecule has 0 aliphatic carbocycles. The van der Waals surface area contributed by atoms with Gasteiger partial charge in [-0.1, -0.05) is 30.3 Å². The van der Waals surface area contributed by atoms with Gasteiger partial charge in [0.05, 0.1) is 23.1 Å². The van der Waals surface area contributed by atoms with Crippen LogP contribution in [0.15, 0.2) is 60.9 Å². The van der Waals surface area contributed by atoms with Crippen molar-refractivity contribution in [2.75, 3.05) is 11.9 Å². The van der Waals surface area contributed by atoms with Crippen molar-refractivity contribution in [3.63, 3.8) is 0 Å². The number of nitriles is 1. The van der Waals surface area contributed by atoms with Crippen LogP contribution in [0.25, 0.3) is 0 Å². The van der Waals surface area contributed by atoms with Crippen molar-refractivity contribution in [2.45, 2.75) is 13.1 Å². The van der Waals surface area contributed by atoms with Gasteiger partial charge in [0.25, 0.3) is 5.69 Å². The van der Waals surface area contributed by atoms with E-state index in [2.05, 4.69) is 4.98 Å². The molecule has 0 aliphatic heterocycles. The Morgan fingerprint density at radius 1 is 1.27 bits per heavy atom. The van der Waals surface area contributed by atoms with Crippen molar-refractivity contribution in [3.05, 3.63) is 88.0 Å². The summed E-state index contributed by atoms with van der Waals surface area (Å²) in [4.78, 5) is 17.0. The molecule has 3 aromatic rings. The molecule has 7 nitrogen and oxygen atoms in total. The van der Waals surface area contributed by atoms with Crippen LogP contribution in [0, 0.1) is 21.4 Å². The molecule has 0 saturated carbocycles. The van der Waals surface area contributed by atoms with E-state index in [1.807, 2.05) is 47.2 Å². The van der Waals surface area contributed by atoms with Crippen molar-refractivity contribution in [1.29, 1.82) is 5.26 Å². The first kappa shape index (κ1) is 17.2. The average Bonchev–Trinajstić information content (AvgIpc) is 3.08. The van der Waals surface area contributed by atoms with Crippen LogP contribution < -0.4 is 4.90 Å². The molecular weight excluding hydrogens is 330 g/mol. The van der Waals surface area contributed by atoms with E-state index in [1.54, 1.807) is 30.3 Å². The second-order valence-corrected chi connectivity index (χ2v) is 5.89. The van der Waals surface area contributed by atoms with Crippen molar-refractivity contribution in [1.82, 2.24) is 9.55 Å². The van der Waals surface area contributed by atoms with Crippen LogP contribution in [0.1, 0.15) is 17.0 Å². The number of nitro groups is 1. The molecule has 0 spiro atoms. The van der Waals surface area contributed by atoms with Gasteiger partial charge in [-0.3, -0.25) is 10.1 Å². The van der Waals surface area contributed by atoms with Gasteiger partial charge >= 0.3 is 0 Å². The number of imidazole rings is 1.